The molecule has 1 amide bonds. The summed E-state index contributed by atoms with van der Waals surface area (Å²) in [5, 5.41) is 3.24. The second-order valence-corrected chi connectivity index (χ2v) is 10.1. The largest absolute Gasteiger partial charge is 0.483 e. The fraction of sp³-hybridized carbons (Fsp3) is 0.708. The van der Waals surface area contributed by atoms with Crippen molar-refractivity contribution >= 4 is 21.8 Å². The highest BCUT2D eigenvalue weighted by molar-refractivity contribution is 9.10. The molecule has 0 aliphatic heterocycles. The minimum Gasteiger partial charge on any atom is -0.483 e. The molecule has 3 nitrogen and oxygen atoms in total. The van der Waals surface area contributed by atoms with E-state index in [2.05, 4.69) is 48.1 Å². The van der Waals surface area contributed by atoms with E-state index in [4.69, 9.17) is 4.74 Å². The van der Waals surface area contributed by atoms with Gasteiger partial charge in [0.15, 0.2) is 6.61 Å². The van der Waals surface area contributed by atoms with Gasteiger partial charge in [0.2, 0.25) is 0 Å². The molecule has 158 valence electrons. The Morgan fingerprint density at radius 2 is 1.54 bits per heavy atom. The van der Waals surface area contributed by atoms with Crippen LogP contribution in [-0.2, 0) is 10.2 Å². The lowest BCUT2D eigenvalue weighted by molar-refractivity contribution is -0.123. The quantitative estimate of drug-likeness (QED) is 0.539. The van der Waals surface area contributed by atoms with Gasteiger partial charge in [-0.25, -0.2) is 0 Å². The van der Waals surface area contributed by atoms with Gasteiger partial charge in [0, 0.05) is 16.1 Å². The van der Waals surface area contributed by atoms with Crippen LogP contribution in [0.4, 0.5) is 0 Å². The summed E-state index contributed by atoms with van der Waals surface area (Å²) < 4.78 is 6.96. The summed E-state index contributed by atoms with van der Waals surface area (Å²) in [6, 6.07) is 6.30. The number of halogens is 1. The number of hydrogen-bond acceptors (Lipinski definition) is 2. The zero-order valence-electron chi connectivity index (χ0n) is 18.0. The highest BCUT2D eigenvalue weighted by Crippen LogP contribution is 2.33. The van der Waals surface area contributed by atoms with Crippen molar-refractivity contribution in [1.29, 1.82) is 0 Å². The molecule has 0 bridgehead atoms. The topological polar surface area (TPSA) is 38.3 Å². The lowest BCUT2D eigenvalue weighted by Crippen LogP contribution is -2.38. The third-order valence-electron chi connectivity index (χ3n) is 5.58. The SMILES string of the molecule is CC(C)(C)c1cc(Br)ccc1OCC(=O)NC1CCCCCCCCCCC1. The van der Waals surface area contributed by atoms with E-state index in [0.29, 0.717) is 6.04 Å². The van der Waals surface area contributed by atoms with E-state index in [1.165, 1.54) is 57.8 Å². The number of rotatable bonds is 4. The predicted octanol–water partition coefficient (Wildman–Crippen LogP) is 6.91. The Labute approximate surface area is 180 Å². The van der Waals surface area contributed by atoms with E-state index in [-0.39, 0.29) is 17.9 Å². The molecule has 1 aromatic rings. The van der Waals surface area contributed by atoms with Crippen LogP contribution in [0.25, 0.3) is 0 Å². The van der Waals surface area contributed by atoms with E-state index < -0.39 is 0 Å². The Kier molecular flexibility index (Phi) is 9.84. The molecule has 0 unspecified atom stereocenters. The summed E-state index contributed by atoms with van der Waals surface area (Å²) in [6.07, 6.45) is 14.0. The number of hydrogen-bond donors (Lipinski definition) is 1. The molecule has 1 aliphatic carbocycles. The molecule has 1 saturated carbocycles. The molecule has 0 heterocycles. The molecule has 0 atom stereocenters. The summed E-state index contributed by atoms with van der Waals surface area (Å²) in [6.45, 7) is 6.56. The molecule has 0 radical (unpaired) electrons. The maximum Gasteiger partial charge on any atom is 0.258 e. The lowest BCUT2D eigenvalue weighted by atomic mass is 9.86. The number of ether oxygens (including phenoxy) is 1. The number of carbonyl (C=O) groups is 1. The maximum atomic E-state index is 12.5. The van der Waals surface area contributed by atoms with Crippen LogP contribution < -0.4 is 10.1 Å². The van der Waals surface area contributed by atoms with Gasteiger partial charge in [0.05, 0.1) is 0 Å². The second-order valence-electron chi connectivity index (χ2n) is 9.20. The van der Waals surface area contributed by atoms with Gasteiger partial charge in [0.25, 0.3) is 5.91 Å². The van der Waals surface area contributed by atoms with Crippen LogP contribution in [0.2, 0.25) is 0 Å². The molecule has 1 aliphatic rings. The monoisotopic (exact) mass is 451 g/mol. The summed E-state index contributed by atoms with van der Waals surface area (Å²) >= 11 is 3.54. The van der Waals surface area contributed by atoms with Crippen molar-refractivity contribution in [1.82, 2.24) is 5.32 Å². The first kappa shape index (κ1) is 23.3. The van der Waals surface area contributed by atoms with Gasteiger partial charge in [-0.1, -0.05) is 94.5 Å². The van der Waals surface area contributed by atoms with Crippen LogP contribution in [0.3, 0.4) is 0 Å². The first-order valence-electron chi connectivity index (χ1n) is 11.1. The summed E-state index contributed by atoms with van der Waals surface area (Å²) in [5.41, 5.74) is 1.07. The standard InChI is InChI=1S/C24H38BrNO2/c1-24(2,3)21-17-19(25)15-16-22(21)28-18-23(27)26-20-13-11-9-7-5-4-6-8-10-12-14-20/h15-17,20H,4-14,18H2,1-3H3,(H,26,27). The van der Waals surface area contributed by atoms with Crippen molar-refractivity contribution in [2.24, 2.45) is 0 Å². The van der Waals surface area contributed by atoms with E-state index in [0.717, 1.165) is 28.6 Å². The van der Waals surface area contributed by atoms with Crippen LogP contribution in [0.15, 0.2) is 22.7 Å². The molecule has 28 heavy (non-hydrogen) atoms. The van der Waals surface area contributed by atoms with Gasteiger partial charge in [-0.05, 0) is 36.5 Å². The highest BCUT2D eigenvalue weighted by atomic mass is 79.9. The van der Waals surface area contributed by atoms with Gasteiger partial charge >= 0.3 is 0 Å². The number of carbonyl (C=O) groups excluding carboxylic acids is 1. The molecule has 0 saturated heterocycles. The molecular formula is C24H38BrNO2. The lowest BCUT2D eigenvalue weighted by Gasteiger charge is -2.24. The second kappa shape index (κ2) is 11.8. The Bertz CT molecular complexity index is 597. The zero-order valence-corrected chi connectivity index (χ0v) is 19.6. The first-order valence-corrected chi connectivity index (χ1v) is 11.9. The average Bonchev–Trinajstić information content (AvgIpc) is 2.62. The van der Waals surface area contributed by atoms with Crippen LogP contribution >= 0.6 is 15.9 Å². The molecule has 1 fully saturated rings. The summed E-state index contributed by atoms with van der Waals surface area (Å²) in [7, 11) is 0. The molecular weight excluding hydrogens is 414 g/mol. The number of benzene rings is 1. The molecule has 4 heteroatoms. The zero-order chi connectivity index (χ0) is 20.4. The number of nitrogens with one attached hydrogen (secondary N) is 1. The van der Waals surface area contributed by atoms with Crippen molar-refractivity contribution < 1.29 is 9.53 Å². The van der Waals surface area contributed by atoms with Crippen LogP contribution in [-0.4, -0.2) is 18.6 Å². The maximum absolute atomic E-state index is 12.5. The fourth-order valence-electron chi connectivity index (χ4n) is 3.93. The van der Waals surface area contributed by atoms with E-state index >= 15 is 0 Å². The van der Waals surface area contributed by atoms with Gasteiger partial charge in [-0.3, -0.25) is 4.79 Å². The molecule has 1 aromatic carbocycles. The smallest absolute Gasteiger partial charge is 0.258 e. The van der Waals surface area contributed by atoms with Crippen LogP contribution in [0.1, 0.15) is 97.0 Å². The predicted molar refractivity (Wildman–Crippen MR) is 121 cm³/mol. The Morgan fingerprint density at radius 3 is 2.07 bits per heavy atom. The third-order valence-corrected chi connectivity index (χ3v) is 6.07. The van der Waals surface area contributed by atoms with Gasteiger partial charge in [-0.2, -0.15) is 0 Å². The van der Waals surface area contributed by atoms with Gasteiger partial charge < -0.3 is 10.1 Å². The molecule has 0 spiro atoms. The minimum atomic E-state index is -0.0386. The van der Waals surface area contributed by atoms with Crippen molar-refractivity contribution in [2.75, 3.05) is 6.61 Å². The molecule has 0 aromatic heterocycles. The van der Waals surface area contributed by atoms with Gasteiger partial charge in [0.1, 0.15) is 5.75 Å². The highest BCUT2D eigenvalue weighted by Gasteiger charge is 2.20. The van der Waals surface area contributed by atoms with Crippen molar-refractivity contribution in [3.8, 4) is 5.75 Å². The third kappa shape index (κ3) is 8.55. The average molecular weight is 452 g/mol. The normalized spacial score (nSPS) is 18.0. The minimum absolute atomic E-state index is 0.000118. The van der Waals surface area contributed by atoms with Crippen LogP contribution in [0, 0.1) is 0 Å². The van der Waals surface area contributed by atoms with Crippen molar-refractivity contribution in [3.05, 3.63) is 28.2 Å². The van der Waals surface area contributed by atoms with Crippen molar-refractivity contribution in [3.63, 3.8) is 0 Å². The molecule has 1 N–H and O–H groups in total. The Morgan fingerprint density at radius 1 is 1.00 bits per heavy atom. The molecule has 2 rings (SSSR count). The number of amides is 1. The summed E-state index contributed by atoms with van der Waals surface area (Å²) in [4.78, 5) is 12.5. The Hall–Kier alpha value is -1.03. The fourth-order valence-corrected chi connectivity index (χ4v) is 4.30. The Balaban J connectivity index is 1.88. The van der Waals surface area contributed by atoms with E-state index in [9.17, 15) is 4.79 Å². The summed E-state index contributed by atoms with van der Waals surface area (Å²) in [5.74, 6) is 0.796. The van der Waals surface area contributed by atoms with Crippen molar-refractivity contribution in [2.45, 2.75) is 103 Å². The van der Waals surface area contributed by atoms with Crippen LogP contribution in [0.5, 0.6) is 5.75 Å². The van der Waals surface area contributed by atoms with E-state index in [1.54, 1.807) is 0 Å². The van der Waals surface area contributed by atoms with Gasteiger partial charge in [-0.15, -0.1) is 0 Å². The first-order chi connectivity index (χ1) is 13.4. The van der Waals surface area contributed by atoms with E-state index in [1.807, 2.05) is 12.1 Å².